The zero-order valence-corrected chi connectivity index (χ0v) is 16.4. The molecule has 2 aromatic carbocycles. The van der Waals surface area contributed by atoms with Crippen molar-refractivity contribution in [2.24, 2.45) is 0 Å². The van der Waals surface area contributed by atoms with Crippen LogP contribution in [0.2, 0.25) is 5.02 Å². The van der Waals surface area contributed by atoms with Crippen LogP contribution in [0.3, 0.4) is 0 Å². The maximum atomic E-state index is 12.7. The second kappa shape index (κ2) is 8.44. The molecule has 1 aliphatic rings. The Bertz CT molecular complexity index is 915. The van der Waals surface area contributed by atoms with E-state index in [0.717, 1.165) is 11.1 Å². The predicted octanol–water partition coefficient (Wildman–Crippen LogP) is 3.18. The fourth-order valence-electron chi connectivity index (χ4n) is 3.18. The van der Waals surface area contributed by atoms with Crippen molar-refractivity contribution in [3.8, 4) is 0 Å². The second-order valence-corrected chi connectivity index (χ2v) is 7.15. The van der Waals surface area contributed by atoms with Gasteiger partial charge in [0.15, 0.2) is 6.10 Å². The Hall–Kier alpha value is -2.86. The average molecular weight is 401 g/mol. The molecule has 28 heavy (non-hydrogen) atoms. The molecule has 0 bridgehead atoms. The number of hydrogen-bond acceptors (Lipinski definition) is 4. The number of amides is 2. The van der Waals surface area contributed by atoms with Gasteiger partial charge in [0, 0.05) is 30.6 Å². The molecule has 0 unspecified atom stereocenters. The van der Waals surface area contributed by atoms with Gasteiger partial charge in [-0.25, -0.2) is 4.79 Å². The molecule has 2 atom stereocenters. The van der Waals surface area contributed by atoms with E-state index in [4.69, 9.17) is 16.3 Å². The van der Waals surface area contributed by atoms with Crippen molar-refractivity contribution in [2.45, 2.75) is 39.0 Å². The molecule has 0 radical (unpaired) electrons. The predicted molar refractivity (Wildman–Crippen MR) is 106 cm³/mol. The lowest BCUT2D eigenvalue weighted by atomic mass is 9.94. The van der Waals surface area contributed by atoms with Crippen LogP contribution in [0.4, 0.5) is 5.69 Å². The van der Waals surface area contributed by atoms with Gasteiger partial charge >= 0.3 is 5.97 Å². The van der Waals surface area contributed by atoms with E-state index in [1.54, 1.807) is 24.3 Å². The third-order valence-corrected chi connectivity index (χ3v) is 4.91. The van der Waals surface area contributed by atoms with Crippen molar-refractivity contribution in [1.29, 1.82) is 0 Å². The molecule has 0 spiro atoms. The third-order valence-electron chi connectivity index (χ3n) is 4.68. The van der Waals surface area contributed by atoms with Crippen LogP contribution in [0, 0.1) is 0 Å². The Morgan fingerprint density at radius 1 is 1.14 bits per heavy atom. The molecular formula is C21H21ClN2O4. The van der Waals surface area contributed by atoms with Gasteiger partial charge in [0.25, 0.3) is 5.91 Å². The summed E-state index contributed by atoms with van der Waals surface area (Å²) >= 11 is 5.91. The van der Waals surface area contributed by atoms with E-state index in [-0.39, 0.29) is 5.91 Å². The van der Waals surface area contributed by atoms with Crippen molar-refractivity contribution in [1.82, 2.24) is 4.90 Å². The number of rotatable bonds is 4. The Labute approximate surface area is 168 Å². The molecule has 2 aromatic rings. The maximum absolute atomic E-state index is 12.7. The zero-order valence-electron chi connectivity index (χ0n) is 15.6. The Morgan fingerprint density at radius 3 is 2.54 bits per heavy atom. The van der Waals surface area contributed by atoms with Gasteiger partial charge < -0.3 is 15.0 Å². The molecule has 2 amide bonds. The van der Waals surface area contributed by atoms with Crippen LogP contribution in [0.5, 0.6) is 0 Å². The van der Waals surface area contributed by atoms with E-state index in [1.165, 1.54) is 18.7 Å². The number of benzene rings is 2. The van der Waals surface area contributed by atoms with E-state index >= 15 is 0 Å². The highest BCUT2D eigenvalue weighted by Crippen LogP contribution is 2.24. The Morgan fingerprint density at radius 2 is 1.86 bits per heavy atom. The molecule has 1 heterocycles. The van der Waals surface area contributed by atoms with Crippen LogP contribution in [-0.4, -0.2) is 34.8 Å². The van der Waals surface area contributed by atoms with Crippen molar-refractivity contribution < 1.29 is 19.1 Å². The largest absolute Gasteiger partial charge is 0.451 e. The molecule has 6 nitrogen and oxygen atoms in total. The van der Waals surface area contributed by atoms with E-state index in [9.17, 15) is 14.4 Å². The number of nitrogens with one attached hydrogen (secondary N) is 1. The molecular weight excluding hydrogens is 380 g/mol. The minimum Gasteiger partial charge on any atom is -0.451 e. The van der Waals surface area contributed by atoms with Crippen LogP contribution in [0.25, 0.3) is 0 Å². The summed E-state index contributed by atoms with van der Waals surface area (Å²) < 4.78 is 5.37. The first kappa shape index (κ1) is 19.9. The lowest BCUT2D eigenvalue weighted by Crippen LogP contribution is -2.49. The van der Waals surface area contributed by atoms with E-state index in [1.807, 2.05) is 24.3 Å². The summed E-state index contributed by atoms with van der Waals surface area (Å²) in [5, 5.41) is 3.15. The van der Waals surface area contributed by atoms with Crippen LogP contribution in [0.1, 0.15) is 25.0 Å². The van der Waals surface area contributed by atoms with Crippen molar-refractivity contribution in [3.05, 3.63) is 64.7 Å². The van der Waals surface area contributed by atoms with Gasteiger partial charge in [0.2, 0.25) is 5.91 Å². The number of hydrogen-bond donors (Lipinski definition) is 1. The summed E-state index contributed by atoms with van der Waals surface area (Å²) in [5.74, 6) is -1.29. The van der Waals surface area contributed by atoms with Crippen LogP contribution in [0.15, 0.2) is 48.5 Å². The van der Waals surface area contributed by atoms with Gasteiger partial charge in [-0.15, -0.1) is 0 Å². The highest BCUT2D eigenvalue weighted by atomic mass is 35.5. The third kappa shape index (κ3) is 4.51. The number of fused-ring (bicyclic) bond motifs is 1. The fourth-order valence-corrected chi connectivity index (χ4v) is 3.37. The summed E-state index contributed by atoms with van der Waals surface area (Å²) in [5.41, 5.74) is 2.52. The molecule has 0 aromatic heterocycles. The van der Waals surface area contributed by atoms with Crippen LogP contribution in [-0.2, 0) is 32.1 Å². The first-order valence-electron chi connectivity index (χ1n) is 8.96. The van der Waals surface area contributed by atoms with E-state index in [2.05, 4.69) is 5.32 Å². The number of nitrogens with zero attached hydrogens (tertiary/aromatic N) is 1. The second-order valence-electron chi connectivity index (χ2n) is 6.71. The summed E-state index contributed by atoms with van der Waals surface area (Å²) in [4.78, 5) is 38.6. The van der Waals surface area contributed by atoms with Crippen molar-refractivity contribution in [2.75, 3.05) is 5.32 Å². The van der Waals surface area contributed by atoms with Gasteiger partial charge in [-0.3, -0.25) is 9.59 Å². The quantitative estimate of drug-likeness (QED) is 0.800. The lowest BCUT2D eigenvalue weighted by Gasteiger charge is -2.35. The summed E-state index contributed by atoms with van der Waals surface area (Å²) in [6, 6.07) is 13.6. The van der Waals surface area contributed by atoms with Crippen LogP contribution >= 0.6 is 11.6 Å². The first-order valence-corrected chi connectivity index (χ1v) is 9.34. The van der Waals surface area contributed by atoms with E-state index < -0.39 is 24.0 Å². The number of carbonyl (C=O) groups is 3. The number of halogens is 1. The molecule has 0 aliphatic carbocycles. The standard InChI is InChI=1S/C21H21ClN2O4/c1-13(20(26)23-18-9-5-8-17(22)11-18)28-21(27)19-10-15-6-3-4-7-16(15)12-24(19)14(2)25/h3-9,11,13,19H,10,12H2,1-2H3,(H,23,26)/t13-,19+/m1/s1. The average Bonchev–Trinajstić information content (AvgIpc) is 2.66. The van der Waals surface area contributed by atoms with Gasteiger partial charge in [-0.1, -0.05) is 41.9 Å². The Balaban J connectivity index is 1.68. The molecule has 1 aliphatic heterocycles. The molecule has 7 heteroatoms. The fraction of sp³-hybridized carbons (Fsp3) is 0.286. The monoisotopic (exact) mass is 400 g/mol. The van der Waals surface area contributed by atoms with E-state index in [0.29, 0.717) is 23.7 Å². The van der Waals surface area contributed by atoms with Crippen LogP contribution < -0.4 is 5.32 Å². The van der Waals surface area contributed by atoms with Gasteiger partial charge in [0.05, 0.1) is 0 Å². The summed E-state index contributed by atoms with van der Waals surface area (Å²) in [6.45, 7) is 3.25. The molecule has 0 saturated carbocycles. The number of anilines is 1. The molecule has 0 fully saturated rings. The smallest absolute Gasteiger partial charge is 0.329 e. The molecule has 1 N–H and O–H groups in total. The summed E-state index contributed by atoms with van der Waals surface area (Å²) in [6.07, 6.45) is -0.658. The summed E-state index contributed by atoms with van der Waals surface area (Å²) in [7, 11) is 0. The topological polar surface area (TPSA) is 75.7 Å². The van der Waals surface area contributed by atoms with Crippen molar-refractivity contribution >= 4 is 35.1 Å². The highest BCUT2D eigenvalue weighted by Gasteiger charge is 2.35. The molecule has 3 rings (SSSR count). The lowest BCUT2D eigenvalue weighted by molar-refractivity contribution is -0.162. The minimum absolute atomic E-state index is 0.215. The van der Waals surface area contributed by atoms with Gasteiger partial charge in [-0.2, -0.15) is 0 Å². The van der Waals surface area contributed by atoms with Gasteiger partial charge in [0.1, 0.15) is 6.04 Å². The Kier molecular flexibility index (Phi) is 5.99. The SMILES string of the molecule is CC(=O)N1Cc2ccccc2C[C@H]1C(=O)O[C@H](C)C(=O)Nc1cccc(Cl)c1. The van der Waals surface area contributed by atoms with Gasteiger partial charge in [-0.05, 0) is 36.2 Å². The highest BCUT2D eigenvalue weighted by molar-refractivity contribution is 6.30. The molecule has 146 valence electrons. The maximum Gasteiger partial charge on any atom is 0.329 e. The number of ether oxygens (including phenoxy) is 1. The first-order chi connectivity index (χ1) is 13.3. The normalized spacial score (nSPS) is 16.7. The zero-order chi connectivity index (χ0) is 20.3. The number of esters is 1. The molecule has 0 saturated heterocycles. The minimum atomic E-state index is -1.02. The van der Waals surface area contributed by atoms with Crippen molar-refractivity contribution in [3.63, 3.8) is 0 Å². The number of carbonyl (C=O) groups excluding carboxylic acids is 3.